The Morgan fingerprint density at radius 1 is 1.00 bits per heavy atom. The van der Waals surface area contributed by atoms with Crippen LogP contribution in [0.3, 0.4) is 0 Å². The molecule has 0 bridgehead atoms. The van der Waals surface area contributed by atoms with E-state index in [1.807, 2.05) is 13.0 Å². The maximum Gasteiger partial charge on any atom is 0.253 e. The highest BCUT2D eigenvalue weighted by molar-refractivity contribution is 5.81. The van der Waals surface area contributed by atoms with Crippen molar-refractivity contribution in [1.29, 1.82) is 5.26 Å². The molecular weight excluding hydrogens is 408 g/mol. The van der Waals surface area contributed by atoms with E-state index in [0.29, 0.717) is 22.5 Å². The summed E-state index contributed by atoms with van der Waals surface area (Å²) in [4.78, 5) is 28.5. The van der Waals surface area contributed by atoms with E-state index in [2.05, 4.69) is 15.6 Å². The number of pyridine rings is 1. The molecule has 0 fully saturated rings. The van der Waals surface area contributed by atoms with E-state index in [9.17, 15) is 19.8 Å². The fourth-order valence-electron chi connectivity index (χ4n) is 3.33. The van der Waals surface area contributed by atoms with Gasteiger partial charge in [-0.3, -0.25) is 14.6 Å². The second kappa shape index (κ2) is 8.24. The number of nitrogens with zero attached hydrogens (tertiary/aromatic N) is 2. The number of hydrogen-bond donors (Lipinski definition) is 4. The predicted molar refractivity (Wildman–Crippen MR) is 121 cm³/mol. The molecule has 0 radical (unpaired) electrons. The SMILES string of the molecule is CC(Nc1c(Nc2ccc(O)c(-c3ccc(C#N)cn3)c2)c(=O)c1=O)c1cccc(O)c1. The zero-order valence-electron chi connectivity index (χ0n) is 17.0. The van der Waals surface area contributed by atoms with Crippen molar-refractivity contribution in [2.45, 2.75) is 13.0 Å². The molecule has 1 heterocycles. The highest BCUT2D eigenvalue weighted by Crippen LogP contribution is 2.33. The van der Waals surface area contributed by atoms with E-state index in [4.69, 9.17) is 5.26 Å². The molecule has 8 heteroatoms. The Kier molecular flexibility index (Phi) is 5.31. The lowest BCUT2D eigenvalue weighted by Crippen LogP contribution is -2.37. The van der Waals surface area contributed by atoms with Gasteiger partial charge in [-0.25, -0.2) is 0 Å². The van der Waals surface area contributed by atoms with Gasteiger partial charge in [0, 0.05) is 23.5 Å². The lowest BCUT2D eigenvalue weighted by molar-refractivity contribution is 0.474. The van der Waals surface area contributed by atoms with Crippen molar-refractivity contribution in [3.05, 3.63) is 92.4 Å². The number of rotatable bonds is 6. The van der Waals surface area contributed by atoms with Crippen molar-refractivity contribution in [3.63, 3.8) is 0 Å². The number of phenols is 2. The lowest BCUT2D eigenvalue weighted by atomic mass is 10.1. The molecule has 4 aromatic rings. The number of anilines is 3. The quantitative estimate of drug-likeness (QED) is 0.272. The van der Waals surface area contributed by atoms with Crippen LogP contribution in [0, 0.1) is 11.3 Å². The molecule has 1 atom stereocenters. The molecule has 0 aliphatic carbocycles. The Bertz CT molecular complexity index is 1410. The normalized spacial score (nSPS) is 11.6. The zero-order valence-corrected chi connectivity index (χ0v) is 17.0. The third-order valence-corrected chi connectivity index (χ3v) is 5.08. The Morgan fingerprint density at radius 2 is 1.78 bits per heavy atom. The summed E-state index contributed by atoms with van der Waals surface area (Å²) in [5.41, 5.74) is 1.46. The number of hydrogen-bond acceptors (Lipinski definition) is 8. The zero-order chi connectivity index (χ0) is 22.8. The third-order valence-electron chi connectivity index (χ3n) is 5.08. The predicted octanol–water partition coefficient (Wildman–Crippen LogP) is 3.54. The highest BCUT2D eigenvalue weighted by atomic mass is 16.3. The van der Waals surface area contributed by atoms with Crippen molar-refractivity contribution in [2.24, 2.45) is 0 Å². The lowest BCUT2D eigenvalue weighted by Gasteiger charge is -2.20. The van der Waals surface area contributed by atoms with Crippen LogP contribution in [0.1, 0.15) is 24.1 Å². The molecule has 1 unspecified atom stereocenters. The van der Waals surface area contributed by atoms with Crippen LogP contribution >= 0.6 is 0 Å². The van der Waals surface area contributed by atoms with Crippen LogP contribution in [-0.2, 0) is 0 Å². The van der Waals surface area contributed by atoms with Gasteiger partial charge in [0.15, 0.2) is 0 Å². The summed E-state index contributed by atoms with van der Waals surface area (Å²) in [7, 11) is 0. The van der Waals surface area contributed by atoms with Crippen LogP contribution < -0.4 is 21.5 Å². The number of nitrogens with one attached hydrogen (secondary N) is 2. The smallest absolute Gasteiger partial charge is 0.253 e. The van der Waals surface area contributed by atoms with Gasteiger partial charge in [0.2, 0.25) is 0 Å². The summed E-state index contributed by atoms with van der Waals surface area (Å²) in [5.74, 6) is 0.0844. The van der Waals surface area contributed by atoms with Gasteiger partial charge >= 0.3 is 0 Å². The minimum atomic E-state index is -0.651. The second-order valence-corrected chi connectivity index (χ2v) is 7.27. The van der Waals surface area contributed by atoms with E-state index in [0.717, 1.165) is 5.56 Å². The van der Waals surface area contributed by atoms with Gasteiger partial charge < -0.3 is 20.8 Å². The summed E-state index contributed by atoms with van der Waals surface area (Å²) in [6.07, 6.45) is 1.40. The molecule has 0 amide bonds. The highest BCUT2D eigenvalue weighted by Gasteiger charge is 2.23. The van der Waals surface area contributed by atoms with Gasteiger partial charge in [-0.1, -0.05) is 12.1 Å². The van der Waals surface area contributed by atoms with E-state index < -0.39 is 10.9 Å². The average molecular weight is 426 g/mol. The van der Waals surface area contributed by atoms with Crippen molar-refractivity contribution in [2.75, 3.05) is 10.6 Å². The first kappa shape index (κ1) is 20.6. The monoisotopic (exact) mass is 426 g/mol. The standard InChI is InChI=1S/C24H18N4O4/c1-13(15-3-2-4-17(29)9-15)27-21-22(24(32)23(21)31)28-16-6-8-20(30)18(10-16)19-7-5-14(11-25)12-26-19/h2-10,12-13,27-30H,1H3. The van der Waals surface area contributed by atoms with Gasteiger partial charge in [-0.2, -0.15) is 5.26 Å². The van der Waals surface area contributed by atoms with Crippen molar-refractivity contribution < 1.29 is 10.2 Å². The Hall–Kier alpha value is -4.64. The van der Waals surface area contributed by atoms with Gasteiger partial charge in [0.05, 0.1) is 11.3 Å². The maximum absolute atomic E-state index is 12.2. The number of nitriles is 1. The van der Waals surface area contributed by atoms with Gasteiger partial charge in [-0.15, -0.1) is 0 Å². The summed E-state index contributed by atoms with van der Waals surface area (Å²) >= 11 is 0. The molecule has 32 heavy (non-hydrogen) atoms. The van der Waals surface area contributed by atoms with E-state index in [1.165, 1.54) is 12.3 Å². The molecule has 0 aliphatic heterocycles. The second-order valence-electron chi connectivity index (χ2n) is 7.27. The first-order valence-corrected chi connectivity index (χ1v) is 9.72. The molecule has 8 nitrogen and oxygen atoms in total. The molecule has 4 rings (SSSR count). The maximum atomic E-state index is 12.2. The van der Waals surface area contributed by atoms with Crippen LogP contribution in [-0.4, -0.2) is 15.2 Å². The first-order valence-electron chi connectivity index (χ1n) is 9.72. The van der Waals surface area contributed by atoms with E-state index in [-0.39, 0.29) is 28.9 Å². The summed E-state index contributed by atoms with van der Waals surface area (Å²) in [6, 6.07) is 16.1. The number of phenolic OH excluding ortho intramolecular Hbond substituents is 2. The largest absolute Gasteiger partial charge is 0.508 e. The van der Waals surface area contributed by atoms with Crippen molar-refractivity contribution >= 4 is 17.1 Å². The van der Waals surface area contributed by atoms with E-state index >= 15 is 0 Å². The molecule has 158 valence electrons. The molecule has 3 aromatic carbocycles. The van der Waals surface area contributed by atoms with Crippen molar-refractivity contribution in [3.8, 4) is 28.8 Å². The first-order chi connectivity index (χ1) is 15.4. The minimum Gasteiger partial charge on any atom is -0.508 e. The molecule has 0 spiro atoms. The van der Waals surface area contributed by atoms with Gasteiger partial charge in [-0.05, 0) is 55.0 Å². The van der Waals surface area contributed by atoms with E-state index in [1.54, 1.807) is 48.5 Å². The molecule has 4 N–H and O–H groups in total. The van der Waals surface area contributed by atoms with Crippen LogP contribution in [0.4, 0.5) is 17.1 Å². The molecular formula is C24H18N4O4. The van der Waals surface area contributed by atoms with Crippen LogP contribution in [0.2, 0.25) is 0 Å². The minimum absolute atomic E-state index is 0.0198. The number of aromatic hydroxyl groups is 2. The molecule has 0 aliphatic rings. The Balaban J connectivity index is 1.60. The third kappa shape index (κ3) is 3.87. The molecule has 1 aromatic heterocycles. The van der Waals surface area contributed by atoms with Crippen molar-refractivity contribution in [1.82, 2.24) is 4.98 Å². The van der Waals surface area contributed by atoms with Gasteiger partial charge in [0.25, 0.3) is 10.9 Å². The number of aromatic nitrogens is 1. The molecule has 0 saturated heterocycles. The number of benzene rings is 2. The average Bonchev–Trinajstić information content (AvgIpc) is 2.82. The summed E-state index contributed by atoms with van der Waals surface area (Å²) in [6.45, 7) is 1.81. The Morgan fingerprint density at radius 3 is 2.47 bits per heavy atom. The van der Waals surface area contributed by atoms with Crippen LogP contribution in [0.25, 0.3) is 11.3 Å². The fourth-order valence-corrected chi connectivity index (χ4v) is 3.33. The Labute approximate surface area is 182 Å². The molecule has 0 saturated carbocycles. The summed E-state index contributed by atoms with van der Waals surface area (Å²) < 4.78 is 0. The topological polar surface area (TPSA) is 135 Å². The fraction of sp³-hybridized carbons (Fsp3) is 0.0833. The van der Waals surface area contributed by atoms with Crippen LogP contribution in [0.15, 0.2) is 70.4 Å². The van der Waals surface area contributed by atoms with Crippen LogP contribution in [0.5, 0.6) is 11.5 Å². The summed E-state index contributed by atoms with van der Waals surface area (Å²) in [5, 5.41) is 34.8. The van der Waals surface area contributed by atoms with Gasteiger partial charge in [0.1, 0.15) is 28.9 Å².